The van der Waals surface area contributed by atoms with E-state index in [1.165, 1.54) is 0 Å². The van der Waals surface area contributed by atoms with Gasteiger partial charge < -0.3 is 10.4 Å². The van der Waals surface area contributed by atoms with Gasteiger partial charge in [-0.25, -0.2) is 0 Å². The second kappa shape index (κ2) is 5.54. The lowest BCUT2D eigenvalue weighted by atomic mass is 10.2. The fourth-order valence-electron chi connectivity index (χ4n) is 1.43. The van der Waals surface area contributed by atoms with Crippen LogP contribution in [0.5, 0.6) is 5.75 Å². The molecule has 0 aromatic heterocycles. The Kier molecular flexibility index (Phi) is 4.04. The number of halogens is 2. The van der Waals surface area contributed by atoms with Crippen LogP contribution in [0.15, 0.2) is 51.4 Å². The van der Waals surface area contributed by atoms with E-state index in [0.29, 0.717) is 20.2 Å². The van der Waals surface area contributed by atoms with Gasteiger partial charge in [0.15, 0.2) is 0 Å². The van der Waals surface area contributed by atoms with E-state index in [1.807, 2.05) is 6.07 Å². The van der Waals surface area contributed by atoms with Crippen molar-refractivity contribution in [1.29, 1.82) is 0 Å². The second-order valence-corrected chi connectivity index (χ2v) is 5.32. The van der Waals surface area contributed by atoms with Gasteiger partial charge in [0.05, 0.1) is 8.95 Å². The summed E-state index contributed by atoms with van der Waals surface area (Å²) in [4.78, 5) is 11.9. The molecule has 3 nitrogen and oxygen atoms in total. The first kappa shape index (κ1) is 13.1. The van der Waals surface area contributed by atoms with Gasteiger partial charge in [0.25, 0.3) is 5.91 Å². The third-order valence-electron chi connectivity index (χ3n) is 2.31. The highest BCUT2D eigenvalue weighted by Gasteiger charge is 2.09. The minimum Gasteiger partial charge on any atom is -0.506 e. The quantitative estimate of drug-likeness (QED) is 0.779. The van der Waals surface area contributed by atoms with Crippen LogP contribution in [0.25, 0.3) is 0 Å². The number of anilines is 1. The van der Waals surface area contributed by atoms with Gasteiger partial charge in [0.2, 0.25) is 0 Å². The van der Waals surface area contributed by atoms with Crippen LogP contribution in [0.3, 0.4) is 0 Å². The molecule has 0 saturated heterocycles. The van der Waals surface area contributed by atoms with Crippen molar-refractivity contribution in [2.45, 2.75) is 0 Å². The smallest absolute Gasteiger partial charge is 0.255 e. The molecule has 92 valence electrons. The monoisotopic (exact) mass is 369 g/mol. The molecular weight excluding hydrogens is 362 g/mol. The van der Waals surface area contributed by atoms with Crippen molar-refractivity contribution in [2.75, 3.05) is 5.32 Å². The van der Waals surface area contributed by atoms with Gasteiger partial charge >= 0.3 is 0 Å². The number of rotatable bonds is 2. The fraction of sp³-hybridized carbons (Fsp3) is 0. The molecule has 2 aromatic carbocycles. The standard InChI is InChI=1S/C13H9Br2NO2/c14-10-6-9(7-11(15)12(10)17)16-13(18)8-4-2-1-3-5-8/h1-7,17H,(H,16,18). The SMILES string of the molecule is O=C(Nc1cc(Br)c(O)c(Br)c1)c1ccccc1. The van der Waals surface area contributed by atoms with Crippen LogP contribution in [0.1, 0.15) is 10.4 Å². The number of hydrogen-bond acceptors (Lipinski definition) is 2. The summed E-state index contributed by atoms with van der Waals surface area (Å²) >= 11 is 6.42. The van der Waals surface area contributed by atoms with E-state index in [4.69, 9.17) is 0 Å². The number of amides is 1. The Labute approximate surface area is 121 Å². The number of carbonyl (C=O) groups excluding carboxylic acids is 1. The Morgan fingerprint density at radius 2 is 1.61 bits per heavy atom. The Hall–Kier alpha value is -1.33. The van der Waals surface area contributed by atoms with Crippen LogP contribution in [0.4, 0.5) is 5.69 Å². The highest BCUT2D eigenvalue weighted by atomic mass is 79.9. The van der Waals surface area contributed by atoms with Gasteiger partial charge in [-0.05, 0) is 56.1 Å². The molecule has 2 aromatic rings. The normalized spacial score (nSPS) is 10.1. The molecule has 5 heteroatoms. The number of hydrogen-bond donors (Lipinski definition) is 2. The Balaban J connectivity index is 2.23. The molecule has 0 aliphatic heterocycles. The van der Waals surface area contributed by atoms with Crippen molar-refractivity contribution < 1.29 is 9.90 Å². The third-order valence-corrected chi connectivity index (χ3v) is 3.52. The summed E-state index contributed by atoms with van der Waals surface area (Å²) in [5.74, 6) is -0.0900. The molecule has 1 amide bonds. The number of carbonyl (C=O) groups is 1. The van der Waals surface area contributed by atoms with E-state index < -0.39 is 0 Å². The van der Waals surface area contributed by atoms with Gasteiger partial charge in [-0.1, -0.05) is 18.2 Å². The molecule has 0 spiro atoms. The zero-order chi connectivity index (χ0) is 13.1. The average molecular weight is 371 g/mol. The van der Waals surface area contributed by atoms with Gasteiger partial charge in [-0.3, -0.25) is 4.79 Å². The van der Waals surface area contributed by atoms with Crippen LogP contribution < -0.4 is 5.32 Å². The summed E-state index contributed by atoms with van der Waals surface area (Å²) < 4.78 is 1.03. The van der Waals surface area contributed by atoms with Crippen molar-refractivity contribution >= 4 is 43.5 Å². The minimum atomic E-state index is -0.194. The maximum absolute atomic E-state index is 11.9. The summed E-state index contributed by atoms with van der Waals surface area (Å²) in [7, 11) is 0. The van der Waals surface area contributed by atoms with E-state index in [0.717, 1.165) is 0 Å². The molecule has 0 fully saturated rings. The van der Waals surface area contributed by atoms with Gasteiger partial charge in [-0.15, -0.1) is 0 Å². The zero-order valence-electron chi connectivity index (χ0n) is 9.15. The molecule has 0 bridgehead atoms. The highest BCUT2D eigenvalue weighted by molar-refractivity contribution is 9.11. The third kappa shape index (κ3) is 2.91. The van der Waals surface area contributed by atoms with Crippen LogP contribution in [0, 0.1) is 0 Å². The molecular formula is C13H9Br2NO2. The van der Waals surface area contributed by atoms with E-state index in [9.17, 15) is 9.90 Å². The number of benzene rings is 2. The molecule has 0 aliphatic carbocycles. The molecule has 2 N–H and O–H groups in total. The van der Waals surface area contributed by atoms with Crippen molar-refractivity contribution in [3.05, 3.63) is 57.0 Å². The average Bonchev–Trinajstić information content (AvgIpc) is 2.37. The summed E-state index contributed by atoms with van der Waals surface area (Å²) in [5, 5.41) is 12.3. The zero-order valence-corrected chi connectivity index (χ0v) is 12.3. The molecule has 18 heavy (non-hydrogen) atoms. The first-order valence-electron chi connectivity index (χ1n) is 5.12. The Bertz CT molecular complexity index is 562. The summed E-state index contributed by atoms with van der Waals surface area (Å²) in [6, 6.07) is 12.2. The Morgan fingerprint density at radius 1 is 1.06 bits per heavy atom. The first-order valence-corrected chi connectivity index (χ1v) is 6.71. The highest BCUT2D eigenvalue weighted by Crippen LogP contribution is 2.35. The second-order valence-electron chi connectivity index (χ2n) is 3.61. The molecule has 0 unspecified atom stereocenters. The lowest BCUT2D eigenvalue weighted by Gasteiger charge is -2.08. The number of phenolic OH excluding ortho intramolecular Hbond substituents is 1. The van der Waals surface area contributed by atoms with Crippen LogP contribution in [0.2, 0.25) is 0 Å². The van der Waals surface area contributed by atoms with Crippen molar-refractivity contribution in [3.63, 3.8) is 0 Å². The van der Waals surface area contributed by atoms with E-state index in [1.54, 1.807) is 36.4 Å². The molecule has 0 heterocycles. The molecule has 2 rings (SSSR count). The van der Waals surface area contributed by atoms with Gasteiger partial charge in [0.1, 0.15) is 5.75 Å². The van der Waals surface area contributed by atoms with Crippen LogP contribution in [-0.2, 0) is 0 Å². The molecule has 0 radical (unpaired) electrons. The fourth-order valence-corrected chi connectivity index (χ4v) is 2.62. The van der Waals surface area contributed by atoms with Gasteiger partial charge in [-0.2, -0.15) is 0 Å². The predicted molar refractivity (Wildman–Crippen MR) is 77.9 cm³/mol. The summed E-state index contributed by atoms with van der Waals surface area (Å²) in [6.07, 6.45) is 0. The van der Waals surface area contributed by atoms with Crippen molar-refractivity contribution in [3.8, 4) is 5.75 Å². The van der Waals surface area contributed by atoms with Crippen LogP contribution >= 0.6 is 31.9 Å². The minimum absolute atomic E-state index is 0.104. The first-order chi connectivity index (χ1) is 8.58. The van der Waals surface area contributed by atoms with E-state index >= 15 is 0 Å². The van der Waals surface area contributed by atoms with Gasteiger partial charge in [0, 0.05) is 11.3 Å². The molecule has 0 saturated carbocycles. The van der Waals surface area contributed by atoms with Crippen LogP contribution in [-0.4, -0.2) is 11.0 Å². The maximum Gasteiger partial charge on any atom is 0.255 e. The predicted octanol–water partition coefficient (Wildman–Crippen LogP) is 4.17. The number of nitrogens with one attached hydrogen (secondary N) is 1. The molecule has 0 atom stereocenters. The van der Waals surface area contributed by atoms with Crippen molar-refractivity contribution in [2.24, 2.45) is 0 Å². The Morgan fingerprint density at radius 3 is 2.17 bits per heavy atom. The summed E-state index contributed by atoms with van der Waals surface area (Å²) in [6.45, 7) is 0. The largest absolute Gasteiger partial charge is 0.506 e. The lowest BCUT2D eigenvalue weighted by molar-refractivity contribution is 0.102. The molecule has 0 aliphatic rings. The number of phenols is 1. The van der Waals surface area contributed by atoms with Crippen molar-refractivity contribution in [1.82, 2.24) is 0 Å². The van der Waals surface area contributed by atoms with E-state index in [-0.39, 0.29) is 11.7 Å². The number of aromatic hydroxyl groups is 1. The topological polar surface area (TPSA) is 49.3 Å². The lowest BCUT2D eigenvalue weighted by Crippen LogP contribution is -2.11. The van der Waals surface area contributed by atoms with E-state index in [2.05, 4.69) is 37.2 Å². The maximum atomic E-state index is 11.9. The summed E-state index contributed by atoms with van der Waals surface area (Å²) in [5.41, 5.74) is 1.18.